The van der Waals surface area contributed by atoms with Gasteiger partial charge in [-0.3, -0.25) is 4.79 Å². The van der Waals surface area contributed by atoms with E-state index in [2.05, 4.69) is 6.92 Å². The Morgan fingerprint density at radius 3 is 2.33 bits per heavy atom. The van der Waals surface area contributed by atoms with E-state index >= 15 is 0 Å². The fourth-order valence-electron chi connectivity index (χ4n) is 1.79. The van der Waals surface area contributed by atoms with Gasteiger partial charge in [-0.15, -0.1) is 0 Å². The second-order valence-electron chi connectivity index (χ2n) is 3.72. The minimum atomic E-state index is -0.215. The summed E-state index contributed by atoms with van der Waals surface area (Å²) in [6.07, 6.45) is 1.10. The van der Waals surface area contributed by atoms with Gasteiger partial charge in [0.25, 0.3) is 0 Å². The summed E-state index contributed by atoms with van der Waals surface area (Å²) in [4.78, 5) is 10.8. The van der Waals surface area contributed by atoms with Crippen molar-refractivity contribution in [2.75, 3.05) is 0 Å². The molecule has 0 saturated carbocycles. The second-order valence-corrected chi connectivity index (χ2v) is 3.72. The standard InChI is InChI=1S/C10H18O3.H3P.V/c1-5-9-10(13-8(4)11)6(2)7(3)12-9;;/h6-7,9-10H,5H2,1-4H3;1H3;. The molecular formula is C10H21O3PV. The molecular weight excluding hydrogens is 250 g/mol. The van der Waals surface area contributed by atoms with E-state index in [0.717, 1.165) is 6.42 Å². The SMILES string of the molecule is CCC1OC(C)C(C)C1OC(C)=O.P.[V]. The van der Waals surface area contributed by atoms with E-state index in [4.69, 9.17) is 9.47 Å². The van der Waals surface area contributed by atoms with E-state index in [9.17, 15) is 4.79 Å². The van der Waals surface area contributed by atoms with Crippen LogP contribution in [0.3, 0.4) is 0 Å². The minimum absolute atomic E-state index is 0. The Kier molecular flexibility index (Phi) is 9.12. The number of hydrogen-bond donors (Lipinski definition) is 0. The number of hydrogen-bond acceptors (Lipinski definition) is 3. The predicted molar refractivity (Wildman–Crippen MR) is 60.4 cm³/mol. The summed E-state index contributed by atoms with van der Waals surface area (Å²) in [6, 6.07) is 0. The summed E-state index contributed by atoms with van der Waals surface area (Å²) in [5.74, 6) is 0.0850. The smallest absolute Gasteiger partial charge is 0.303 e. The first-order valence-corrected chi connectivity index (χ1v) is 4.89. The van der Waals surface area contributed by atoms with Gasteiger partial charge in [0.15, 0.2) is 0 Å². The number of rotatable bonds is 2. The number of carbonyl (C=O) groups is 1. The van der Waals surface area contributed by atoms with E-state index in [1.54, 1.807) is 0 Å². The average Bonchev–Trinajstić information content (AvgIpc) is 2.31. The van der Waals surface area contributed by atoms with Crippen molar-refractivity contribution in [3.63, 3.8) is 0 Å². The summed E-state index contributed by atoms with van der Waals surface area (Å²) in [5, 5.41) is 0. The molecule has 0 N–H and O–H groups in total. The van der Waals surface area contributed by atoms with Crippen molar-refractivity contribution >= 4 is 15.9 Å². The van der Waals surface area contributed by atoms with E-state index in [1.165, 1.54) is 6.92 Å². The topological polar surface area (TPSA) is 35.5 Å². The first-order chi connectivity index (χ1) is 6.06. The van der Waals surface area contributed by atoms with Gasteiger partial charge >= 0.3 is 5.97 Å². The van der Waals surface area contributed by atoms with Gasteiger partial charge in [-0.1, -0.05) is 13.8 Å². The Morgan fingerprint density at radius 1 is 1.40 bits per heavy atom. The maximum absolute atomic E-state index is 10.8. The normalized spacial score (nSPS) is 33.9. The van der Waals surface area contributed by atoms with Gasteiger partial charge in [-0.05, 0) is 13.3 Å². The Bertz CT molecular complexity index is 201. The summed E-state index contributed by atoms with van der Waals surface area (Å²) in [5.41, 5.74) is 0. The molecule has 1 rings (SSSR count). The summed E-state index contributed by atoms with van der Waals surface area (Å²) < 4.78 is 10.9. The molecule has 0 aromatic rings. The molecule has 89 valence electrons. The Labute approximate surface area is 107 Å². The van der Waals surface area contributed by atoms with Crippen molar-refractivity contribution in [1.82, 2.24) is 0 Å². The van der Waals surface area contributed by atoms with Crippen LogP contribution in [0.1, 0.15) is 34.1 Å². The van der Waals surface area contributed by atoms with E-state index in [0.29, 0.717) is 5.92 Å². The molecule has 1 aliphatic heterocycles. The van der Waals surface area contributed by atoms with Crippen LogP contribution in [0.25, 0.3) is 0 Å². The van der Waals surface area contributed by atoms with Crippen LogP contribution >= 0.6 is 9.90 Å². The van der Waals surface area contributed by atoms with Gasteiger partial charge < -0.3 is 9.47 Å². The molecule has 0 amide bonds. The van der Waals surface area contributed by atoms with Crippen LogP contribution in [0, 0.1) is 5.92 Å². The molecule has 1 fully saturated rings. The zero-order chi connectivity index (χ0) is 10.0. The zero-order valence-electron chi connectivity index (χ0n) is 9.90. The third-order valence-corrected chi connectivity index (χ3v) is 2.72. The van der Waals surface area contributed by atoms with Crippen LogP contribution in [-0.2, 0) is 32.8 Å². The maximum atomic E-state index is 10.8. The molecule has 0 aromatic heterocycles. The van der Waals surface area contributed by atoms with Crippen molar-refractivity contribution in [2.45, 2.75) is 52.4 Å². The van der Waals surface area contributed by atoms with Gasteiger partial charge in [0.2, 0.25) is 0 Å². The molecule has 1 radical (unpaired) electrons. The number of ether oxygens (including phenoxy) is 2. The van der Waals surface area contributed by atoms with Gasteiger partial charge in [0.1, 0.15) is 6.10 Å². The number of esters is 1. The van der Waals surface area contributed by atoms with Gasteiger partial charge in [0.05, 0.1) is 12.2 Å². The van der Waals surface area contributed by atoms with Crippen LogP contribution in [0.2, 0.25) is 0 Å². The predicted octanol–water partition coefficient (Wildman–Crippen LogP) is 1.81. The largest absolute Gasteiger partial charge is 0.459 e. The molecule has 5 heteroatoms. The minimum Gasteiger partial charge on any atom is -0.459 e. The summed E-state index contributed by atoms with van der Waals surface area (Å²) in [7, 11) is 0. The Morgan fingerprint density at radius 2 is 1.93 bits per heavy atom. The van der Waals surface area contributed by atoms with Crippen molar-refractivity contribution < 1.29 is 32.8 Å². The quantitative estimate of drug-likeness (QED) is 0.567. The molecule has 15 heavy (non-hydrogen) atoms. The van der Waals surface area contributed by atoms with Gasteiger partial charge in [-0.2, -0.15) is 9.90 Å². The van der Waals surface area contributed by atoms with Gasteiger partial charge in [0, 0.05) is 31.4 Å². The van der Waals surface area contributed by atoms with Crippen LogP contribution in [0.15, 0.2) is 0 Å². The molecule has 0 aliphatic carbocycles. The fraction of sp³-hybridized carbons (Fsp3) is 0.900. The van der Waals surface area contributed by atoms with Crippen molar-refractivity contribution in [1.29, 1.82) is 0 Å². The molecule has 0 spiro atoms. The zero-order valence-corrected chi connectivity index (χ0v) is 12.7. The summed E-state index contributed by atoms with van der Waals surface area (Å²) in [6.45, 7) is 7.58. The molecule has 5 atom stereocenters. The molecule has 1 aliphatic rings. The van der Waals surface area contributed by atoms with E-state index in [1.807, 2.05) is 13.8 Å². The molecule has 0 aromatic carbocycles. The van der Waals surface area contributed by atoms with Crippen molar-refractivity contribution in [2.24, 2.45) is 5.92 Å². The average molecular weight is 271 g/mol. The molecule has 3 nitrogen and oxygen atoms in total. The van der Waals surface area contributed by atoms with E-state index in [-0.39, 0.29) is 52.7 Å². The number of carbonyl (C=O) groups excluding carboxylic acids is 1. The van der Waals surface area contributed by atoms with Crippen molar-refractivity contribution in [3.8, 4) is 0 Å². The molecule has 5 unspecified atom stereocenters. The van der Waals surface area contributed by atoms with Crippen LogP contribution < -0.4 is 0 Å². The van der Waals surface area contributed by atoms with Crippen LogP contribution in [-0.4, -0.2) is 24.3 Å². The molecule has 0 bridgehead atoms. The van der Waals surface area contributed by atoms with Crippen molar-refractivity contribution in [3.05, 3.63) is 0 Å². The van der Waals surface area contributed by atoms with E-state index < -0.39 is 0 Å². The third kappa shape index (κ3) is 4.44. The second kappa shape index (κ2) is 7.67. The Balaban J connectivity index is 0. The maximum Gasteiger partial charge on any atom is 0.303 e. The van der Waals surface area contributed by atoms with Crippen LogP contribution in [0.4, 0.5) is 0 Å². The summed E-state index contributed by atoms with van der Waals surface area (Å²) >= 11 is 0. The first-order valence-electron chi connectivity index (χ1n) is 4.89. The Hall–Kier alpha value is 0.444. The monoisotopic (exact) mass is 271 g/mol. The molecule has 1 saturated heterocycles. The van der Waals surface area contributed by atoms with Gasteiger partial charge in [-0.25, -0.2) is 0 Å². The first kappa shape index (κ1) is 17.8. The fourth-order valence-corrected chi connectivity index (χ4v) is 1.79. The molecule has 1 heterocycles. The third-order valence-electron chi connectivity index (χ3n) is 2.72. The van der Waals surface area contributed by atoms with Crippen LogP contribution in [0.5, 0.6) is 0 Å².